The first-order chi connectivity index (χ1) is 8.65. The Hall–Kier alpha value is -1.88. The average molecular weight is 249 g/mol. The third kappa shape index (κ3) is 2.22. The van der Waals surface area contributed by atoms with Gasteiger partial charge in [0.25, 0.3) is 5.91 Å². The van der Waals surface area contributed by atoms with Gasteiger partial charge in [0.1, 0.15) is 6.04 Å². The normalized spacial score (nSPS) is 15.6. The molecule has 2 rings (SSSR count). The van der Waals surface area contributed by atoms with Gasteiger partial charge >= 0.3 is 5.97 Å². The third-order valence-electron chi connectivity index (χ3n) is 3.11. The summed E-state index contributed by atoms with van der Waals surface area (Å²) in [7, 11) is 1.51. The standard InChI is InChI=1S/C13H15NO4/c1-18-7-6-11(13(16)17)14-8-9-4-2-3-5-10(9)12(14)15/h2-5,11H,6-8H2,1H3,(H,16,17). The maximum atomic E-state index is 12.1. The highest BCUT2D eigenvalue weighted by atomic mass is 16.5. The molecule has 96 valence electrons. The van der Waals surface area contributed by atoms with Gasteiger partial charge in [-0.15, -0.1) is 0 Å². The van der Waals surface area contributed by atoms with Crippen molar-refractivity contribution in [3.8, 4) is 0 Å². The van der Waals surface area contributed by atoms with Crippen LogP contribution in [0.15, 0.2) is 24.3 Å². The molecule has 0 fully saturated rings. The number of aliphatic carboxylic acids is 1. The number of carbonyl (C=O) groups excluding carboxylic acids is 1. The van der Waals surface area contributed by atoms with Crippen LogP contribution in [-0.2, 0) is 16.1 Å². The molecule has 1 atom stereocenters. The number of methoxy groups -OCH3 is 1. The van der Waals surface area contributed by atoms with Crippen LogP contribution in [-0.4, -0.2) is 41.6 Å². The lowest BCUT2D eigenvalue weighted by Gasteiger charge is -2.23. The fourth-order valence-electron chi connectivity index (χ4n) is 2.17. The van der Waals surface area contributed by atoms with Gasteiger partial charge in [-0.25, -0.2) is 4.79 Å². The Morgan fingerprint density at radius 1 is 1.50 bits per heavy atom. The van der Waals surface area contributed by atoms with Gasteiger partial charge < -0.3 is 14.7 Å². The van der Waals surface area contributed by atoms with Crippen molar-refractivity contribution < 1.29 is 19.4 Å². The summed E-state index contributed by atoms with van der Waals surface area (Å²) in [5, 5.41) is 9.21. The van der Waals surface area contributed by atoms with E-state index in [1.54, 1.807) is 12.1 Å². The number of ether oxygens (including phenoxy) is 1. The summed E-state index contributed by atoms with van der Waals surface area (Å²) in [4.78, 5) is 24.8. The highest BCUT2D eigenvalue weighted by Gasteiger charge is 2.35. The topological polar surface area (TPSA) is 66.8 Å². The van der Waals surface area contributed by atoms with Crippen LogP contribution in [0, 0.1) is 0 Å². The summed E-state index contributed by atoms with van der Waals surface area (Å²) < 4.78 is 4.89. The van der Waals surface area contributed by atoms with Gasteiger partial charge in [-0.05, 0) is 11.6 Å². The van der Waals surface area contributed by atoms with Crippen molar-refractivity contribution in [2.24, 2.45) is 0 Å². The molecule has 0 aliphatic carbocycles. The Bertz CT molecular complexity index is 472. The summed E-state index contributed by atoms with van der Waals surface area (Å²) in [5.74, 6) is -1.21. The SMILES string of the molecule is COCCC(C(=O)O)N1Cc2ccccc2C1=O. The molecule has 0 spiro atoms. The molecule has 5 heteroatoms. The fraction of sp³-hybridized carbons (Fsp3) is 0.385. The molecule has 1 amide bonds. The minimum absolute atomic E-state index is 0.214. The number of fused-ring (bicyclic) bond motifs is 1. The quantitative estimate of drug-likeness (QED) is 0.849. The Morgan fingerprint density at radius 3 is 2.83 bits per heavy atom. The van der Waals surface area contributed by atoms with E-state index >= 15 is 0 Å². The highest BCUT2D eigenvalue weighted by Crippen LogP contribution is 2.25. The Labute approximate surface area is 105 Å². The van der Waals surface area contributed by atoms with Crippen molar-refractivity contribution in [3.63, 3.8) is 0 Å². The summed E-state index contributed by atoms with van der Waals surface area (Å²) in [5.41, 5.74) is 1.48. The van der Waals surface area contributed by atoms with Crippen molar-refractivity contribution in [1.29, 1.82) is 0 Å². The molecule has 0 aromatic heterocycles. The van der Waals surface area contributed by atoms with Crippen molar-refractivity contribution >= 4 is 11.9 Å². The van der Waals surface area contributed by atoms with Crippen molar-refractivity contribution in [2.45, 2.75) is 19.0 Å². The van der Waals surface area contributed by atoms with Crippen LogP contribution in [0.2, 0.25) is 0 Å². The number of carbonyl (C=O) groups is 2. The van der Waals surface area contributed by atoms with Crippen molar-refractivity contribution in [2.75, 3.05) is 13.7 Å². The fourth-order valence-corrected chi connectivity index (χ4v) is 2.17. The molecule has 1 aromatic carbocycles. The molecule has 1 aliphatic rings. The molecule has 0 saturated carbocycles. The lowest BCUT2D eigenvalue weighted by atomic mass is 10.1. The van der Waals surface area contributed by atoms with E-state index in [0.717, 1.165) is 5.56 Å². The van der Waals surface area contributed by atoms with E-state index in [-0.39, 0.29) is 5.91 Å². The van der Waals surface area contributed by atoms with E-state index in [4.69, 9.17) is 4.74 Å². The number of hydrogen-bond acceptors (Lipinski definition) is 3. The van der Waals surface area contributed by atoms with Crippen molar-refractivity contribution in [3.05, 3.63) is 35.4 Å². The first-order valence-electron chi connectivity index (χ1n) is 5.75. The van der Waals surface area contributed by atoms with Crippen LogP contribution >= 0.6 is 0 Å². The monoisotopic (exact) mass is 249 g/mol. The Balaban J connectivity index is 2.20. The lowest BCUT2D eigenvalue weighted by Crippen LogP contribution is -2.42. The van der Waals surface area contributed by atoms with E-state index in [0.29, 0.717) is 25.1 Å². The molecule has 0 bridgehead atoms. The molecule has 0 radical (unpaired) electrons. The van der Waals surface area contributed by atoms with Gasteiger partial charge in [0.05, 0.1) is 0 Å². The molecule has 1 aromatic rings. The third-order valence-corrected chi connectivity index (χ3v) is 3.11. The van der Waals surface area contributed by atoms with Crippen LogP contribution in [0.1, 0.15) is 22.3 Å². The minimum atomic E-state index is -0.992. The largest absolute Gasteiger partial charge is 0.480 e. The zero-order valence-electron chi connectivity index (χ0n) is 10.1. The van der Waals surface area contributed by atoms with Gasteiger partial charge in [-0.3, -0.25) is 4.79 Å². The number of nitrogens with zero attached hydrogens (tertiary/aromatic N) is 1. The van der Waals surface area contributed by atoms with Crippen LogP contribution in [0.5, 0.6) is 0 Å². The van der Waals surface area contributed by atoms with E-state index in [1.807, 2.05) is 12.1 Å². The van der Waals surface area contributed by atoms with Gasteiger partial charge in [-0.2, -0.15) is 0 Å². The minimum Gasteiger partial charge on any atom is -0.480 e. The van der Waals surface area contributed by atoms with E-state index in [1.165, 1.54) is 12.0 Å². The Morgan fingerprint density at radius 2 is 2.22 bits per heavy atom. The number of carboxylic acids is 1. The maximum absolute atomic E-state index is 12.1. The molecule has 1 unspecified atom stereocenters. The van der Waals surface area contributed by atoms with Crippen LogP contribution in [0.4, 0.5) is 0 Å². The van der Waals surface area contributed by atoms with Crippen molar-refractivity contribution in [1.82, 2.24) is 4.90 Å². The molecular formula is C13H15NO4. The average Bonchev–Trinajstić information content (AvgIpc) is 2.68. The lowest BCUT2D eigenvalue weighted by molar-refractivity contribution is -0.143. The zero-order chi connectivity index (χ0) is 13.1. The number of benzene rings is 1. The molecular weight excluding hydrogens is 234 g/mol. The van der Waals surface area contributed by atoms with Gasteiger partial charge in [-0.1, -0.05) is 18.2 Å². The van der Waals surface area contributed by atoms with Gasteiger partial charge in [0.2, 0.25) is 0 Å². The summed E-state index contributed by atoms with van der Waals surface area (Å²) in [6.45, 7) is 0.673. The van der Waals surface area contributed by atoms with E-state index in [9.17, 15) is 14.7 Å². The molecule has 1 N–H and O–H groups in total. The summed E-state index contributed by atoms with van der Waals surface area (Å²) in [6.07, 6.45) is 0.297. The Kier molecular flexibility index (Phi) is 3.62. The van der Waals surface area contributed by atoms with Crippen LogP contribution < -0.4 is 0 Å². The van der Waals surface area contributed by atoms with E-state index < -0.39 is 12.0 Å². The second kappa shape index (κ2) is 5.18. The molecule has 1 aliphatic heterocycles. The molecule has 1 heterocycles. The first-order valence-corrected chi connectivity index (χ1v) is 5.75. The maximum Gasteiger partial charge on any atom is 0.326 e. The highest BCUT2D eigenvalue weighted by molar-refractivity contribution is 6.00. The second-order valence-corrected chi connectivity index (χ2v) is 4.23. The second-order valence-electron chi connectivity index (χ2n) is 4.23. The number of carboxylic acid groups (broad SMARTS) is 1. The van der Waals surface area contributed by atoms with E-state index in [2.05, 4.69) is 0 Å². The van der Waals surface area contributed by atoms with Crippen LogP contribution in [0.25, 0.3) is 0 Å². The summed E-state index contributed by atoms with van der Waals surface area (Å²) in [6, 6.07) is 6.38. The molecule has 5 nitrogen and oxygen atoms in total. The molecule has 18 heavy (non-hydrogen) atoms. The molecule has 0 saturated heterocycles. The summed E-state index contributed by atoms with van der Waals surface area (Å²) >= 11 is 0. The van der Waals surface area contributed by atoms with Gasteiger partial charge in [0, 0.05) is 32.2 Å². The zero-order valence-corrected chi connectivity index (χ0v) is 10.1. The predicted octanol–water partition coefficient (Wildman–Crippen LogP) is 1.13. The predicted molar refractivity (Wildman–Crippen MR) is 64.2 cm³/mol. The smallest absolute Gasteiger partial charge is 0.326 e. The first kappa shape index (κ1) is 12.6. The number of hydrogen-bond donors (Lipinski definition) is 1. The number of amides is 1. The van der Waals surface area contributed by atoms with Crippen LogP contribution in [0.3, 0.4) is 0 Å². The van der Waals surface area contributed by atoms with Gasteiger partial charge in [0.15, 0.2) is 0 Å². The number of rotatable bonds is 5.